The van der Waals surface area contributed by atoms with Crippen LogP contribution in [0, 0.1) is 0 Å². The number of ether oxygens (including phenoxy) is 2. The summed E-state index contributed by atoms with van der Waals surface area (Å²) in [7, 11) is 0. The van der Waals surface area contributed by atoms with E-state index in [0.29, 0.717) is 39.5 Å². The van der Waals surface area contributed by atoms with Gasteiger partial charge >= 0.3 is 0 Å². The highest BCUT2D eigenvalue weighted by atomic mass is 16.5. The quantitative estimate of drug-likeness (QED) is 0.314. The zero-order valence-corrected chi connectivity index (χ0v) is 10.3. The van der Waals surface area contributed by atoms with Gasteiger partial charge in [0.2, 0.25) is 0 Å². The number of nitrogens with two attached hydrogens (primary N) is 1. The van der Waals surface area contributed by atoms with Crippen LogP contribution >= 0.6 is 0 Å². The highest BCUT2D eigenvalue weighted by Gasteiger charge is 1.94. The predicted molar refractivity (Wildman–Crippen MR) is 68.8 cm³/mol. The molecule has 0 bridgehead atoms. The van der Waals surface area contributed by atoms with Crippen LogP contribution in [0.1, 0.15) is 11.1 Å². The molecule has 0 saturated carbocycles. The highest BCUT2D eigenvalue weighted by molar-refractivity contribution is 5.21. The van der Waals surface area contributed by atoms with Crippen LogP contribution in [0.15, 0.2) is 29.4 Å². The molecule has 1 rings (SSSR count). The number of rotatable bonds is 9. The van der Waals surface area contributed by atoms with Gasteiger partial charge in [-0.2, -0.15) is 0 Å². The maximum Gasteiger partial charge on any atom is 0.0718 e. The van der Waals surface area contributed by atoms with Gasteiger partial charge < -0.3 is 15.2 Å². The molecular formula is C12H18N4O2. The summed E-state index contributed by atoms with van der Waals surface area (Å²) in [5.74, 6) is 0. The van der Waals surface area contributed by atoms with Crippen molar-refractivity contribution in [2.24, 2.45) is 10.8 Å². The molecule has 0 atom stereocenters. The fourth-order valence-corrected chi connectivity index (χ4v) is 1.33. The lowest BCUT2D eigenvalue weighted by atomic mass is 10.1. The first-order valence-electron chi connectivity index (χ1n) is 5.81. The summed E-state index contributed by atoms with van der Waals surface area (Å²) in [6.45, 7) is 2.93. The molecule has 0 spiro atoms. The zero-order valence-electron chi connectivity index (χ0n) is 10.3. The van der Waals surface area contributed by atoms with Crippen molar-refractivity contribution in [2.45, 2.75) is 13.2 Å². The molecule has 0 radical (unpaired) electrons. The maximum atomic E-state index is 8.04. The summed E-state index contributed by atoms with van der Waals surface area (Å²) >= 11 is 0. The van der Waals surface area contributed by atoms with Crippen LogP contribution in [0.2, 0.25) is 0 Å². The van der Waals surface area contributed by atoms with E-state index >= 15 is 0 Å². The molecule has 0 aliphatic carbocycles. The van der Waals surface area contributed by atoms with Gasteiger partial charge in [-0.05, 0) is 16.7 Å². The molecule has 0 heterocycles. The fraction of sp³-hybridized carbons (Fsp3) is 0.500. The van der Waals surface area contributed by atoms with Gasteiger partial charge in [0, 0.05) is 18.0 Å². The van der Waals surface area contributed by atoms with Gasteiger partial charge in [0.05, 0.1) is 26.4 Å². The van der Waals surface area contributed by atoms with E-state index in [1.807, 2.05) is 24.3 Å². The van der Waals surface area contributed by atoms with E-state index in [1.165, 1.54) is 0 Å². The number of azide groups is 1. The normalized spacial score (nSPS) is 10.1. The highest BCUT2D eigenvalue weighted by Crippen LogP contribution is 2.04. The van der Waals surface area contributed by atoms with Crippen LogP contribution in [0.3, 0.4) is 0 Å². The molecule has 0 aliphatic rings. The summed E-state index contributed by atoms with van der Waals surface area (Å²) in [6.07, 6.45) is 0. The third kappa shape index (κ3) is 6.22. The Bertz CT molecular complexity index is 374. The van der Waals surface area contributed by atoms with E-state index in [-0.39, 0.29) is 0 Å². The second-order valence-corrected chi connectivity index (χ2v) is 3.64. The van der Waals surface area contributed by atoms with Gasteiger partial charge in [-0.1, -0.05) is 29.4 Å². The second kappa shape index (κ2) is 9.44. The van der Waals surface area contributed by atoms with Crippen molar-refractivity contribution in [1.82, 2.24) is 0 Å². The Balaban J connectivity index is 2.04. The van der Waals surface area contributed by atoms with Crippen molar-refractivity contribution in [3.8, 4) is 0 Å². The largest absolute Gasteiger partial charge is 0.379 e. The first-order valence-corrected chi connectivity index (χ1v) is 5.81. The SMILES string of the molecule is [N-]=[N+]=NCCOCCOCc1ccc(CN)cc1. The maximum absolute atomic E-state index is 8.04. The summed E-state index contributed by atoms with van der Waals surface area (Å²) in [4.78, 5) is 2.63. The Morgan fingerprint density at radius 2 is 1.72 bits per heavy atom. The molecule has 0 fully saturated rings. The molecule has 0 amide bonds. The van der Waals surface area contributed by atoms with Gasteiger partial charge in [0.25, 0.3) is 0 Å². The van der Waals surface area contributed by atoms with Gasteiger partial charge in [-0.15, -0.1) is 0 Å². The monoisotopic (exact) mass is 250 g/mol. The predicted octanol–water partition coefficient (Wildman–Crippen LogP) is 1.99. The smallest absolute Gasteiger partial charge is 0.0718 e. The molecule has 18 heavy (non-hydrogen) atoms. The molecule has 1 aromatic carbocycles. The average molecular weight is 250 g/mol. The van der Waals surface area contributed by atoms with Crippen LogP contribution in [-0.4, -0.2) is 26.4 Å². The summed E-state index contributed by atoms with van der Waals surface area (Å²) in [5.41, 5.74) is 15.8. The number of benzene rings is 1. The molecule has 0 saturated heterocycles. The molecule has 98 valence electrons. The minimum absolute atomic E-state index is 0.358. The van der Waals surface area contributed by atoms with Gasteiger partial charge in [0.15, 0.2) is 0 Å². The Morgan fingerprint density at radius 1 is 1.06 bits per heavy atom. The average Bonchev–Trinajstić information content (AvgIpc) is 2.42. The van der Waals surface area contributed by atoms with Gasteiger partial charge in [0.1, 0.15) is 0 Å². The number of hydrogen-bond acceptors (Lipinski definition) is 4. The molecule has 0 aliphatic heterocycles. The molecule has 0 aromatic heterocycles. The Kier molecular flexibility index (Phi) is 7.59. The molecule has 2 N–H and O–H groups in total. The van der Waals surface area contributed by atoms with E-state index in [4.69, 9.17) is 20.7 Å². The van der Waals surface area contributed by atoms with Crippen molar-refractivity contribution >= 4 is 0 Å². The lowest BCUT2D eigenvalue weighted by Crippen LogP contribution is -2.06. The lowest BCUT2D eigenvalue weighted by molar-refractivity contribution is 0.0434. The Labute approximate surface area is 106 Å². The standard InChI is InChI=1S/C12H18N4O2/c13-9-11-1-3-12(4-2-11)10-18-8-7-17-6-5-15-16-14/h1-4H,5-10,13H2. The van der Waals surface area contributed by atoms with Crippen LogP contribution in [-0.2, 0) is 22.6 Å². The van der Waals surface area contributed by atoms with E-state index in [9.17, 15) is 0 Å². The van der Waals surface area contributed by atoms with Gasteiger partial charge in [-0.3, -0.25) is 0 Å². The van der Waals surface area contributed by atoms with Crippen LogP contribution in [0.5, 0.6) is 0 Å². The fourth-order valence-electron chi connectivity index (χ4n) is 1.33. The number of hydrogen-bond donors (Lipinski definition) is 1. The van der Waals surface area contributed by atoms with Crippen LogP contribution in [0.25, 0.3) is 10.4 Å². The molecular weight excluding hydrogens is 232 g/mol. The second-order valence-electron chi connectivity index (χ2n) is 3.64. The van der Waals surface area contributed by atoms with Crippen LogP contribution in [0.4, 0.5) is 0 Å². The van der Waals surface area contributed by atoms with E-state index in [0.717, 1.165) is 11.1 Å². The zero-order chi connectivity index (χ0) is 13.1. The molecule has 1 aromatic rings. The lowest BCUT2D eigenvalue weighted by Gasteiger charge is -2.05. The first kappa shape index (κ1) is 14.5. The first-order chi connectivity index (χ1) is 8.86. The van der Waals surface area contributed by atoms with Crippen molar-refractivity contribution in [2.75, 3.05) is 26.4 Å². The minimum atomic E-state index is 0.358. The summed E-state index contributed by atoms with van der Waals surface area (Å²) < 4.78 is 10.6. The van der Waals surface area contributed by atoms with E-state index in [2.05, 4.69) is 10.0 Å². The third-order valence-corrected chi connectivity index (χ3v) is 2.30. The van der Waals surface area contributed by atoms with Crippen LogP contribution < -0.4 is 5.73 Å². The molecule has 6 heteroatoms. The number of nitrogens with zero attached hydrogens (tertiary/aromatic N) is 3. The summed E-state index contributed by atoms with van der Waals surface area (Å²) in [5, 5.41) is 3.36. The van der Waals surface area contributed by atoms with Crippen molar-refractivity contribution in [3.63, 3.8) is 0 Å². The minimum Gasteiger partial charge on any atom is -0.379 e. The third-order valence-electron chi connectivity index (χ3n) is 2.30. The van der Waals surface area contributed by atoms with Crippen molar-refractivity contribution in [3.05, 3.63) is 45.8 Å². The van der Waals surface area contributed by atoms with Crippen molar-refractivity contribution < 1.29 is 9.47 Å². The van der Waals surface area contributed by atoms with E-state index in [1.54, 1.807) is 0 Å². The van der Waals surface area contributed by atoms with E-state index < -0.39 is 0 Å². The Morgan fingerprint density at radius 3 is 2.39 bits per heavy atom. The Hall–Kier alpha value is -1.59. The topological polar surface area (TPSA) is 93.2 Å². The molecule has 0 unspecified atom stereocenters. The summed E-state index contributed by atoms with van der Waals surface area (Å²) in [6, 6.07) is 8.00. The van der Waals surface area contributed by atoms with Gasteiger partial charge in [-0.25, -0.2) is 0 Å². The van der Waals surface area contributed by atoms with Crippen molar-refractivity contribution in [1.29, 1.82) is 0 Å². The molecule has 6 nitrogen and oxygen atoms in total.